The number of hydrogen-bond acceptors (Lipinski definition) is 9. The van der Waals surface area contributed by atoms with Gasteiger partial charge in [0.1, 0.15) is 6.61 Å². The van der Waals surface area contributed by atoms with Crippen molar-refractivity contribution in [1.82, 2.24) is 4.90 Å². The first-order valence-corrected chi connectivity index (χ1v) is 18.3. The molecule has 0 unspecified atom stereocenters. The van der Waals surface area contributed by atoms with Crippen LogP contribution < -0.4 is 9.80 Å². The van der Waals surface area contributed by atoms with Crippen molar-refractivity contribution in [1.29, 1.82) is 0 Å². The lowest BCUT2D eigenvalue weighted by atomic mass is 9.82. The fourth-order valence-electron chi connectivity index (χ4n) is 7.77. The van der Waals surface area contributed by atoms with E-state index in [2.05, 4.69) is 0 Å². The zero-order valence-electron chi connectivity index (χ0n) is 25.5. The van der Waals surface area contributed by atoms with Gasteiger partial charge in [-0.15, -0.1) is 0 Å². The summed E-state index contributed by atoms with van der Waals surface area (Å²) in [6.45, 7) is 6.59. The van der Waals surface area contributed by atoms with Crippen molar-refractivity contribution in [3.63, 3.8) is 0 Å². The van der Waals surface area contributed by atoms with Crippen molar-refractivity contribution in [3.05, 3.63) is 63.7 Å². The van der Waals surface area contributed by atoms with Crippen LogP contribution in [0.3, 0.4) is 0 Å². The van der Waals surface area contributed by atoms with Gasteiger partial charge in [-0.2, -0.15) is 0 Å². The van der Waals surface area contributed by atoms with Gasteiger partial charge in [-0.3, -0.25) is 24.6 Å². The first kappa shape index (κ1) is 31.1. The summed E-state index contributed by atoms with van der Waals surface area (Å²) in [5.41, 5.74) is -0.139. The molecule has 4 heterocycles. The number of carbonyl (C=O) groups is 3. The zero-order chi connectivity index (χ0) is 32.3. The molecule has 4 aliphatic rings. The van der Waals surface area contributed by atoms with Gasteiger partial charge in [-0.1, -0.05) is 19.1 Å². The van der Waals surface area contributed by atoms with Crippen LogP contribution in [0.15, 0.2) is 42.5 Å². The summed E-state index contributed by atoms with van der Waals surface area (Å²) >= 11 is 0. The first-order valence-electron chi connectivity index (χ1n) is 15.3. The molecule has 1 spiro atoms. The highest BCUT2D eigenvalue weighted by molar-refractivity contribution is 6.71. The third kappa shape index (κ3) is 5.19. The van der Waals surface area contributed by atoms with E-state index in [-0.39, 0.29) is 37.2 Å². The van der Waals surface area contributed by atoms with Gasteiger partial charge in [-0.05, 0) is 49.7 Å². The maximum absolute atomic E-state index is 14.6. The van der Waals surface area contributed by atoms with Gasteiger partial charge >= 0.3 is 6.09 Å². The van der Waals surface area contributed by atoms with E-state index in [1.165, 1.54) is 17.0 Å². The summed E-state index contributed by atoms with van der Waals surface area (Å²) in [6.07, 6.45) is 0.166. The predicted octanol–water partition coefficient (Wildman–Crippen LogP) is 3.27. The highest BCUT2D eigenvalue weighted by Gasteiger charge is 2.66. The number of anilines is 2. The molecule has 14 heteroatoms. The van der Waals surface area contributed by atoms with Crippen LogP contribution in [-0.4, -0.2) is 84.4 Å². The summed E-state index contributed by atoms with van der Waals surface area (Å²) in [4.78, 5) is 67.7. The van der Waals surface area contributed by atoms with E-state index in [0.717, 1.165) is 12.0 Å². The Bertz CT molecular complexity index is 1530. The van der Waals surface area contributed by atoms with Crippen LogP contribution >= 0.6 is 0 Å². The first-order chi connectivity index (χ1) is 21.4. The summed E-state index contributed by atoms with van der Waals surface area (Å²) in [7, 11) is -3.08. The number of hydrogen-bond donors (Lipinski definition) is 2. The number of nitrogens with zero attached hydrogens (tertiary/aromatic N) is 4. The second-order valence-electron chi connectivity index (χ2n) is 12.9. The molecule has 0 radical (unpaired) electrons. The molecule has 0 aromatic heterocycles. The number of cyclic esters (lactones) is 1. The minimum absolute atomic E-state index is 0.0812. The van der Waals surface area contributed by atoms with E-state index in [4.69, 9.17) is 9.47 Å². The number of ether oxygens (including phenoxy) is 2. The van der Waals surface area contributed by atoms with Crippen LogP contribution in [0.25, 0.3) is 0 Å². The number of amides is 3. The quantitative estimate of drug-likeness (QED) is 0.251. The summed E-state index contributed by atoms with van der Waals surface area (Å²) in [5, 5.41) is 21.7. The molecule has 0 bridgehead atoms. The van der Waals surface area contributed by atoms with E-state index < -0.39 is 48.4 Å². The van der Waals surface area contributed by atoms with Crippen molar-refractivity contribution in [2.45, 2.75) is 69.1 Å². The Balaban J connectivity index is 1.36. The maximum atomic E-state index is 14.6. The van der Waals surface area contributed by atoms with Gasteiger partial charge in [0.05, 0.1) is 48.9 Å². The SMILES string of the molecule is C[C@@H]1[C@@H]([Si](C)(C)O)[C@H](CC(=O)N2CCC[C@H]2CO)O[C@@]12C(=O)N(Cc1ccc(N3CCOC3=O)cc1)c1ccc([N+](=O)[O-])cc12. The Morgan fingerprint density at radius 1 is 1.16 bits per heavy atom. The normalized spacial score (nSPS) is 27.9. The third-order valence-electron chi connectivity index (χ3n) is 9.81. The highest BCUT2D eigenvalue weighted by Crippen LogP contribution is 2.60. The molecule has 4 aliphatic heterocycles. The number of benzene rings is 2. The van der Waals surface area contributed by atoms with Crippen molar-refractivity contribution >= 4 is 43.3 Å². The number of non-ortho nitro benzene ring substituents is 1. The van der Waals surface area contributed by atoms with Gasteiger partial charge in [0, 0.05) is 41.4 Å². The number of aliphatic hydroxyl groups excluding tert-OH is 1. The lowest BCUT2D eigenvalue weighted by Gasteiger charge is -2.32. The average Bonchev–Trinajstić information content (AvgIpc) is 3.76. The minimum atomic E-state index is -3.08. The molecule has 0 saturated carbocycles. The molecule has 3 saturated heterocycles. The molecule has 2 N–H and O–H groups in total. The summed E-state index contributed by atoms with van der Waals surface area (Å²) in [5.74, 6) is -1.23. The summed E-state index contributed by atoms with van der Waals surface area (Å²) < 4.78 is 11.7. The number of aliphatic hydroxyl groups is 1. The third-order valence-corrected chi connectivity index (χ3v) is 12.3. The van der Waals surface area contributed by atoms with Crippen LogP contribution in [-0.2, 0) is 31.2 Å². The number of likely N-dealkylation sites (tertiary alicyclic amines) is 1. The van der Waals surface area contributed by atoms with Crippen LogP contribution in [0.5, 0.6) is 0 Å². The molecule has 240 valence electrons. The zero-order valence-corrected chi connectivity index (χ0v) is 26.5. The van der Waals surface area contributed by atoms with Crippen molar-refractivity contribution in [2.75, 3.05) is 36.1 Å². The monoisotopic (exact) mass is 638 g/mol. The highest BCUT2D eigenvalue weighted by atomic mass is 28.4. The van der Waals surface area contributed by atoms with Gasteiger partial charge in [-0.25, -0.2) is 4.79 Å². The number of carbonyl (C=O) groups excluding carboxylic acids is 3. The molecular formula is C31H38N4O9Si. The molecule has 0 aliphatic carbocycles. The van der Waals surface area contributed by atoms with Crippen molar-refractivity contribution in [3.8, 4) is 0 Å². The Labute approximate surface area is 261 Å². The Morgan fingerprint density at radius 2 is 1.89 bits per heavy atom. The minimum Gasteiger partial charge on any atom is -0.447 e. The van der Waals surface area contributed by atoms with Crippen LogP contribution in [0.2, 0.25) is 18.6 Å². The molecule has 3 amide bonds. The molecule has 6 rings (SSSR count). The molecule has 2 aromatic rings. The molecule has 2 aromatic carbocycles. The lowest BCUT2D eigenvalue weighted by Crippen LogP contribution is -2.46. The largest absolute Gasteiger partial charge is 0.447 e. The van der Waals surface area contributed by atoms with Gasteiger partial charge < -0.3 is 29.2 Å². The number of nitro groups is 1. The molecule has 45 heavy (non-hydrogen) atoms. The second kappa shape index (κ2) is 11.5. The van der Waals surface area contributed by atoms with E-state index >= 15 is 0 Å². The maximum Gasteiger partial charge on any atom is 0.414 e. The van der Waals surface area contributed by atoms with E-state index in [1.54, 1.807) is 41.1 Å². The Hall–Kier alpha value is -3.85. The Morgan fingerprint density at radius 3 is 2.51 bits per heavy atom. The Kier molecular flexibility index (Phi) is 7.96. The van der Waals surface area contributed by atoms with Gasteiger partial charge in [0.15, 0.2) is 13.9 Å². The van der Waals surface area contributed by atoms with E-state index in [9.17, 15) is 34.4 Å². The molecule has 5 atom stereocenters. The predicted molar refractivity (Wildman–Crippen MR) is 165 cm³/mol. The lowest BCUT2D eigenvalue weighted by molar-refractivity contribution is -0.385. The summed E-state index contributed by atoms with van der Waals surface area (Å²) in [6, 6.07) is 11.2. The van der Waals surface area contributed by atoms with Crippen LogP contribution in [0.1, 0.15) is 37.3 Å². The number of nitro benzene ring substituents is 1. The number of rotatable bonds is 8. The van der Waals surface area contributed by atoms with E-state index in [0.29, 0.717) is 43.1 Å². The van der Waals surface area contributed by atoms with Crippen molar-refractivity contribution < 1.29 is 38.7 Å². The van der Waals surface area contributed by atoms with Crippen molar-refractivity contribution in [2.24, 2.45) is 5.92 Å². The molecule has 13 nitrogen and oxygen atoms in total. The molecular weight excluding hydrogens is 600 g/mol. The number of fused-ring (bicyclic) bond motifs is 2. The fraction of sp³-hybridized carbons (Fsp3) is 0.516. The van der Waals surface area contributed by atoms with Crippen LogP contribution in [0, 0.1) is 16.0 Å². The van der Waals surface area contributed by atoms with Gasteiger partial charge in [0.25, 0.3) is 11.6 Å². The van der Waals surface area contributed by atoms with Crippen LogP contribution in [0.4, 0.5) is 21.9 Å². The van der Waals surface area contributed by atoms with Gasteiger partial charge in [0.2, 0.25) is 5.91 Å². The van der Waals surface area contributed by atoms with E-state index in [1.807, 2.05) is 19.1 Å². The molecule has 3 fully saturated rings. The fourth-order valence-corrected chi connectivity index (χ4v) is 10.3. The second-order valence-corrected chi connectivity index (χ2v) is 16.9. The average molecular weight is 639 g/mol. The standard InChI is InChI=1S/C31H38N4O9Si/c1-19-28(45(2,3)42)26(16-27(37)32-12-4-5-23(32)18-36)44-31(19)24-15-22(35(40)41)10-11-25(24)34(29(31)38)17-20-6-8-21(9-7-20)33-13-14-43-30(33)39/h6-11,15,19,23,26,28,36,42H,4-5,12-14,16-18H2,1-3H3/t19-,23+,26+,28-,31+/m1/s1. The smallest absolute Gasteiger partial charge is 0.414 e. The topological polar surface area (TPSA) is 163 Å².